The number of aromatic nitrogens is 3. The van der Waals surface area contributed by atoms with Crippen molar-refractivity contribution < 1.29 is 14.2 Å². The van der Waals surface area contributed by atoms with E-state index in [1.54, 1.807) is 0 Å². The molecule has 182 valence electrons. The van der Waals surface area contributed by atoms with Crippen molar-refractivity contribution in [1.82, 2.24) is 15.0 Å². The van der Waals surface area contributed by atoms with Crippen molar-refractivity contribution in [2.24, 2.45) is 5.73 Å². The van der Waals surface area contributed by atoms with Gasteiger partial charge in [0.2, 0.25) is 11.9 Å². The first-order valence-electron chi connectivity index (χ1n) is 11.8. The number of anilines is 2. The summed E-state index contributed by atoms with van der Waals surface area (Å²) in [5.74, 6) is 1.67. The Morgan fingerprint density at radius 2 is 1.67 bits per heavy atom. The summed E-state index contributed by atoms with van der Waals surface area (Å²) in [6.07, 6.45) is 2.35. The van der Waals surface area contributed by atoms with Gasteiger partial charge in [0.25, 0.3) is 0 Å². The van der Waals surface area contributed by atoms with Crippen molar-refractivity contribution in [3.05, 3.63) is 29.8 Å². The van der Waals surface area contributed by atoms with E-state index in [0.29, 0.717) is 63.8 Å². The number of nitrogens with two attached hydrogens (primary N) is 1. The zero-order valence-electron chi connectivity index (χ0n) is 20.1. The Balaban J connectivity index is 1.64. The monoisotopic (exact) mass is 458 g/mol. The number of hydrogen-bond donors (Lipinski definition) is 3. The second-order valence-corrected chi connectivity index (χ2v) is 9.09. The van der Waals surface area contributed by atoms with Crippen LogP contribution in [-0.2, 0) is 19.6 Å². The van der Waals surface area contributed by atoms with Crippen LogP contribution in [0.3, 0.4) is 0 Å². The van der Waals surface area contributed by atoms with Crippen LogP contribution >= 0.6 is 0 Å². The SMILES string of the molecule is CC(C)(C)c1ccc(-c2nc(NCCOCCOCCN)nc(NCC3CCCO3)n2)cc1. The van der Waals surface area contributed by atoms with Gasteiger partial charge in [0.05, 0.1) is 32.5 Å². The third-order valence-corrected chi connectivity index (χ3v) is 5.32. The van der Waals surface area contributed by atoms with E-state index in [-0.39, 0.29) is 11.5 Å². The van der Waals surface area contributed by atoms with Crippen molar-refractivity contribution >= 4 is 11.9 Å². The van der Waals surface area contributed by atoms with E-state index >= 15 is 0 Å². The highest BCUT2D eigenvalue weighted by Gasteiger charge is 2.17. The second kappa shape index (κ2) is 12.8. The fourth-order valence-electron chi connectivity index (χ4n) is 3.43. The molecular formula is C24H38N6O3. The molecule has 1 fully saturated rings. The molecule has 2 aromatic rings. The van der Waals surface area contributed by atoms with E-state index in [0.717, 1.165) is 25.0 Å². The summed E-state index contributed by atoms with van der Waals surface area (Å²) in [7, 11) is 0. The second-order valence-electron chi connectivity index (χ2n) is 9.09. The Morgan fingerprint density at radius 3 is 2.30 bits per heavy atom. The van der Waals surface area contributed by atoms with Crippen LogP contribution in [-0.4, -0.2) is 73.7 Å². The molecule has 3 rings (SSSR count). The number of ether oxygens (including phenoxy) is 3. The van der Waals surface area contributed by atoms with Gasteiger partial charge < -0.3 is 30.6 Å². The highest BCUT2D eigenvalue weighted by atomic mass is 16.5. The Labute approximate surface area is 196 Å². The molecule has 0 spiro atoms. The topological polar surface area (TPSA) is 116 Å². The van der Waals surface area contributed by atoms with Crippen LogP contribution in [0.1, 0.15) is 39.2 Å². The molecule has 0 bridgehead atoms. The summed E-state index contributed by atoms with van der Waals surface area (Å²) < 4.78 is 16.6. The summed E-state index contributed by atoms with van der Waals surface area (Å²) in [4.78, 5) is 13.8. The molecule has 2 heterocycles. The molecule has 1 unspecified atom stereocenters. The predicted octanol–water partition coefficient (Wildman–Crippen LogP) is 2.83. The first-order valence-corrected chi connectivity index (χ1v) is 11.8. The molecule has 33 heavy (non-hydrogen) atoms. The summed E-state index contributed by atoms with van der Waals surface area (Å²) in [5.41, 5.74) is 7.70. The lowest BCUT2D eigenvalue weighted by Crippen LogP contribution is -2.21. The van der Waals surface area contributed by atoms with E-state index in [9.17, 15) is 0 Å². The molecule has 1 aliphatic rings. The molecule has 9 heteroatoms. The van der Waals surface area contributed by atoms with Gasteiger partial charge in [-0.15, -0.1) is 0 Å². The fourth-order valence-corrected chi connectivity index (χ4v) is 3.43. The van der Waals surface area contributed by atoms with Crippen LogP contribution in [0.4, 0.5) is 11.9 Å². The minimum atomic E-state index is 0.0910. The third-order valence-electron chi connectivity index (χ3n) is 5.32. The van der Waals surface area contributed by atoms with Gasteiger partial charge in [-0.05, 0) is 23.8 Å². The van der Waals surface area contributed by atoms with Gasteiger partial charge in [-0.3, -0.25) is 0 Å². The first kappa shape index (κ1) is 25.3. The maximum absolute atomic E-state index is 5.71. The van der Waals surface area contributed by atoms with E-state index in [2.05, 4.69) is 70.6 Å². The van der Waals surface area contributed by atoms with Crippen molar-refractivity contribution in [2.75, 3.05) is 63.3 Å². The predicted molar refractivity (Wildman–Crippen MR) is 131 cm³/mol. The van der Waals surface area contributed by atoms with Gasteiger partial charge in [-0.25, -0.2) is 0 Å². The highest BCUT2D eigenvalue weighted by Crippen LogP contribution is 2.25. The third kappa shape index (κ3) is 8.51. The molecular weight excluding hydrogens is 420 g/mol. The Hall–Kier alpha value is -2.33. The molecule has 4 N–H and O–H groups in total. The molecule has 0 aliphatic carbocycles. The van der Waals surface area contributed by atoms with E-state index in [1.165, 1.54) is 5.56 Å². The smallest absolute Gasteiger partial charge is 0.228 e. The average molecular weight is 459 g/mol. The normalized spacial score (nSPS) is 16.2. The van der Waals surface area contributed by atoms with Gasteiger partial charge in [0, 0.05) is 31.8 Å². The van der Waals surface area contributed by atoms with Gasteiger partial charge in [0.1, 0.15) is 0 Å². The lowest BCUT2D eigenvalue weighted by molar-refractivity contribution is 0.0547. The van der Waals surface area contributed by atoms with E-state index < -0.39 is 0 Å². The van der Waals surface area contributed by atoms with Crippen molar-refractivity contribution in [3.8, 4) is 11.4 Å². The molecule has 9 nitrogen and oxygen atoms in total. The zero-order valence-corrected chi connectivity index (χ0v) is 20.1. The fraction of sp³-hybridized carbons (Fsp3) is 0.625. The maximum atomic E-state index is 5.71. The van der Waals surface area contributed by atoms with Crippen LogP contribution < -0.4 is 16.4 Å². The van der Waals surface area contributed by atoms with E-state index in [4.69, 9.17) is 19.9 Å². The summed E-state index contributed by atoms with van der Waals surface area (Å²) >= 11 is 0. The van der Waals surface area contributed by atoms with Crippen molar-refractivity contribution in [3.63, 3.8) is 0 Å². The molecule has 1 atom stereocenters. The molecule has 0 saturated carbocycles. The minimum Gasteiger partial charge on any atom is -0.378 e. The number of benzene rings is 1. The van der Waals surface area contributed by atoms with Gasteiger partial charge in [-0.1, -0.05) is 45.0 Å². The highest BCUT2D eigenvalue weighted by molar-refractivity contribution is 5.58. The number of hydrogen-bond acceptors (Lipinski definition) is 9. The molecule has 1 aliphatic heterocycles. The summed E-state index contributed by atoms with van der Waals surface area (Å²) in [5, 5.41) is 6.56. The number of nitrogens with one attached hydrogen (secondary N) is 2. The molecule has 1 aromatic heterocycles. The number of rotatable bonds is 13. The molecule has 0 radical (unpaired) electrons. The van der Waals surface area contributed by atoms with Gasteiger partial charge >= 0.3 is 0 Å². The number of nitrogens with zero attached hydrogens (tertiary/aromatic N) is 3. The molecule has 1 aromatic carbocycles. The molecule has 1 saturated heterocycles. The standard InChI is InChI=1S/C24H38N6O3/c1-24(2,3)19-8-6-18(7-9-19)21-28-22(26-11-14-32-16-15-31-13-10-25)30-23(29-21)27-17-20-5-4-12-33-20/h6-9,20H,4-5,10-17,25H2,1-3H3,(H2,26,27,28,29,30). The Morgan fingerprint density at radius 1 is 0.970 bits per heavy atom. The van der Waals surface area contributed by atoms with Crippen LogP contribution in [0, 0.1) is 0 Å². The maximum Gasteiger partial charge on any atom is 0.228 e. The summed E-state index contributed by atoms with van der Waals surface area (Å²) in [6, 6.07) is 8.39. The first-order chi connectivity index (χ1) is 16.0. The lowest BCUT2D eigenvalue weighted by Gasteiger charge is -2.19. The van der Waals surface area contributed by atoms with Gasteiger partial charge in [0.15, 0.2) is 5.82 Å². The van der Waals surface area contributed by atoms with Crippen molar-refractivity contribution in [1.29, 1.82) is 0 Å². The van der Waals surface area contributed by atoms with Crippen LogP contribution in [0.2, 0.25) is 0 Å². The lowest BCUT2D eigenvalue weighted by atomic mass is 9.87. The molecule has 0 amide bonds. The van der Waals surface area contributed by atoms with Gasteiger partial charge in [-0.2, -0.15) is 15.0 Å². The van der Waals surface area contributed by atoms with Crippen LogP contribution in [0.5, 0.6) is 0 Å². The zero-order chi connectivity index (χ0) is 23.5. The van der Waals surface area contributed by atoms with Crippen LogP contribution in [0.25, 0.3) is 11.4 Å². The largest absolute Gasteiger partial charge is 0.378 e. The Kier molecular flexibility index (Phi) is 9.80. The Bertz CT molecular complexity index is 835. The van der Waals surface area contributed by atoms with Crippen molar-refractivity contribution in [2.45, 2.75) is 45.1 Å². The quantitative estimate of drug-likeness (QED) is 0.390. The van der Waals surface area contributed by atoms with Crippen LogP contribution in [0.15, 0.2) is 24.3 Å². The van der Waals surface area contributed by atoms with E-state index in [1.807, 2.05) is 0 Å². The summed E-state index contributed by atoms with van der Waals surface area (Å²) in [6.45, 7) is 11.3. The average Bonchev–Trinajstić information content (AvgIpc) is 3.33. The minimum absolute atomic E-state index is 0.0910.